The summed E-state index contributed by atoms with van der Waals surface area (Å²) in [5.41, 5.74) is 11.2. The lowest BCUT2D eigenvalue weighted by Gasteiger charge is -2.07. The van der Waals surface area contributed by atoms with E-state index in [0.717, 1.165) is 21.4 Å². The molecule has 1 aromatic heterocycles. The van der Waals surface area contributed by atoms with Crippen LogP contribution in [0.15, 0.2) is 22.7 Å². The summed E-state index contributed by atoms with van der Waals surface area (Å²) in [6.07, 6.45) is 0. The molecule has 0 aliphatic heterocycles. The third-order valence-electron chi connectivity index (χ3n) is 2.68. The molecule has 0 atom stereocenters. The minimum Gasteiger partial charge on any atom is -0.325 e. The molecule has 0 aliphatic rings. The second-order valence-corrected chi connectivity index (χ2v) is 4.75. The third kappa shape index (κ3) is 1.90. The predicted molar refractivity (Wildman–Crippen MR) is 69.1 cm³/mol. The molecule has 3 nitrogen and oxygen atoms in total. The van der Waals surface area contributed by atoms with Crippen molar-refractivity contribution in [1.29, 1.82) is 0 Å². The van der Waals surface area contributed by atoms with Crippen LogP contribution in [0.4, 0.5) is 0 Å². The number of hydrogen-bond acceptors (Lipinski definition) is 2. The molecule has 0 aliphatic carbocycles. The Labute approximate surface area is 103 Å². The molecule has 1 heterocycles. The first kappa shape index (κ1) is 11.4. The maximum Gasteiger partial charge on any atom is 0.0838 e. The van der Waals surface area contributed by atoms with E-state index in [9.17, 15) is 0 Å². The smallest absolute Gasteiger partial charge is 0.0838 e. The van der Waals surface area contributed by atoms with Crippen molar-refractivity contribution >= 4 is 15.9 Å². The number of halogens is 1. The molecule has 2 rings (SSSR count). The minimum absolute atomic E-state index is 0.450. The van der Waals surface area contributed by atoms with Crippen LogP contribution in [0.1, 0.15) is 17.0 Å². The van der Waals surface area contributed by atoms with Crippen LogP contribution in [0.5, 0.6) is 0 Å². The number of aryl methyl sites for hydroxylation is 2. The largest absolute Gasteiger partial charge is 0.325 e. The molecule has 0 radical (unpaired) electrons. The number of nitrogens with two attached hydrogens (primary N) is 1. The van der Waals surface area contributed by atoms with E-state index in [1.807, 2.05) is 13.0 Å². The Bertz CT molecular complexity index is 517. The molecular weight excluding hydrogens is 266 g/mol. The fourth-order valence-corrected chi connectivity index (χ4v) is 2.21. The summed E-state index contributed by atoms with van der Waals surface area (Å²) in [5, 5.41) is 7.20. The molecule has 1 aromatic carbocycles. The average molecular weight is 280 g/mol. The van der Waals surface area contributed by atoms with Crippen molar-refractivity contribution in [3.05, 3.63) is 39.6 Å². The number of H-pyrrole nitrogens is 1. The zero-order valence-electron chi connectivity index (χ0n) is 9.34. The Morgan fingerprint density at radius 2 is 2.12 bits per heavy atom. The molecule has 0 amide bonds. The van der Waals surface area contributed by atoms with Gasteiger partial charge in [0.1, 0.15) is 0 Å². The van der Waals surface area contributed by atoms with Crippen LogP contribution < -0.4 is 5.73 Å². The highest BCUT2D eigenvalue weighted by Crippen LogP contribution is 2.30. The molecular formula is C12H14BrN3. The highest BCUT2D eigenvalue weighted by molar-refractivity contribution is 9.10. The van der Waals surface area contributed by atoms with Gasteiger partial charge in [-0.25, -0.2) is 0 Å². The summed E-state index contributed by atoms with van der Waals surface area (Å²) in [4.78, 5) is 0. The van der Waals surface area contributed by atoms with Crippen LogP contribution in [0.3, 0.4) is 0 Å². The molecule has 0 saturated carbocycles. The summed E-state index contributed by atoms with van der Waals surface area (Å²) in [5.74, 6) is 0. The molecule has 0 bridgehead atoms. The number of benzene rings is 1. The van der Waals surface area contributed by atoms with Gasteiger partial charge in [0.15, 0.2) is 0 Å². The SMILES string of the molecule is Cc1ccc(Br)cc1-c1c(CN)n[nH]c1C. The fraction of sp³-hybridized carbons (Fsp3) is 0.250. The minimum atomic E-state index is 0.450. The first-order chi connectivity index (χ1) is 7.63. The molecule has 16 heavy (non-hydrogen) atoms. The Kier molecular flexibility index (Phi) is 3.12. The molecule has 0 fully saturated rings. The van der Waals surface area contributed by atoms with E-state index in [2.05, 4.69) is 45.2 Å². The molecule has 0 unspecified atom stereocenters. The lowest BCUT2D eigenvalue weighted by Crippen LogP contribution is -1.99. The fourth-order valence-electron chi connectivity index (χ4n) is 1.85. The van der Waals surface area contributed by atoms with E-state index < -0.39 is 0 Å². The van der Waals surface area contributed by atoms with Crippen molar-refractivity contribution in [2.24, 2.45) is 5.73 Å². The predicted octanol–water partition coefficient (Wildman–Crippen LogP) is 2.91. The Morgan fingerprint density at radius 1 is 1.38 bits per heavy atom. The van der Waals surface area contributed by atoms with Crippen LogP contribution in [-0.2, 0) is 6.54 Å². The lowest BCUT2D eigenvalue weighted by molar-refractivity contribution is 0.940. The van der Waals surface area contributed by atoms with Gasteiger partial charge in [-0.05, 0) is 37.1 Å². The molecule has 0 spiro atoms. The summed E-state index contributed by atoms with van der Waals surface area (Å²) < 4.78 is 1.07. The van der Waals surface area contributed by atoms with Gasteiger partial charge < -0.3 is 5.73 Å². The molecule has 2 aromatic rings. The second kappa shape index (κ2) is 4.39. The Morgan fingerprint density at radius 3 is 2.81 bits per heavy atom. The number of rotatable bonds is 2. The van der Waals surface area contributed by atoms with Crippen molar-refractivity contribution < 1.29 is 0 Å². The summed E-state index contributed by atoms with van der Waals surface area (Å²) in [6.45, 7) is 4.56. The van der Waals surface area contributed by atoms with Crippen LogP contribution in [0.2, 0.25) is 0 Å². The lowest BCUT2D eigenvalue weighted by atomic mass is 9.99. The van der Waals surface area contributed by atoms with Gasteiger partial charge in [0.05, 0.1) is 5.69 Å². The normalized spacial score (nSPS) is 10.8. The van der Waals surface area contributed by atoms with Crippen molar-refractivity contribution in [3.8, 4) is 11.1 Å². The van der Waals surface area contributed by atoms with Crippen LogP contribution in [0, 0.1) is 13.8 Å². The molecule has 4 heteroatoms. The summed E-state index contributed by atoms with van der Waals surface area (Å²) >= 11 is 3.49. The Balaban J connectivity index is 2.66. The number of nitrogens with one attached hydrogen (secondary N) is 1. The number of hydrogen-bond donors (Lipinski definition) is 2. The van der Waals surface area contributed by atoms with E-state index >= 15 is 0 Å². The van der Waals surface area contributed by atoms with Gasteiger partial charge in [-0.15, -0.1) is 0 Å². The first-order valence-corrected chi connectivity index (χ1v) is 5.93. The van der Waals surface area contributed by atoms with Crippen molar-refractivity contribution in [2.75, 3.05) is 0 Å². The number of nitrogens with zero attached hydrogens (tertiary/aromatic N) is 1. The maximum absolute atomic E-state index is 5.70. The van der Waals surface area contributed by atoms with E-state index in [0.29, 0.717) is 6.54 Å². The van der Waals surface area contributed by atoms with Crippen molar-refractivity contribution in [1.82, 2.24) is 10.2 Å². The van der Waals surface area contributed by atoms with Gasteiger partial charge in [-0.3, -0.25) is 5.10 Å². The van der Waals surface area contributed by atoms with E-state index in [4.69, 9.17) is 5.73 Å². The van der Waals surface area contributed by atoms with Crippen LogP contribution in [-0.4, -0.2) is 10.2 Å². The molecule has 0 saturated heterocycles. The van der Waals surface area contributed by atoms with Crippen molar-refractivity contribution in [2.45, 2.75) is 20.4 Å². The monoisotopic (exact) mass is 279 g/mol. The molecule has 84 valence electrons. The highest BCUT2D eigenvalue weighted by Gasteiger charge is 2.13. The zero-order valence-corrected chi connectivity index (χ0v) is 10.9. The van der Waals surface area contributed by atoms with Gasteiger partial charge in [-0.2, -0.15) is 5.10 Å². The third-order valence-corrected chi connectivity index (χ3v) is 3.18. The van der Waals surface area contributed by atoms with Crippen LogP contribution in [0.25, 0.3) is 11.1 Å². The quantitative estimate of drug-likeness (QED) is 0.888. The van der Waals surface area contributed by atoms with Crippen molar-refractivity contribution in [3.63, 3.8) is 0 Å². The average Bonchev–Trinajstić information content (AvgIpc) is 2.63. The van der Waals surface area contributed by atoms with E-state index in [1.165, 1.54) is 11.1 Å². The standard InChI is InChI=1S/C12H14BrN3/c1-7-3-4-9(13)5-10(7)12-8(2)15-16-11(12)6-14/h3-5H,6,14H2,1-2H3,(H,15,16). The zero-order chi connectivity index (χ0) is 11.7. The summed E-state index contributed by atoms with van der Waals surface area (Å²) in [7, 11) is 0. The first-order valence-electron chi connectivity index (χ1n) is 5.14. The highest BCUT2D eigenvalue weighted by atomic mass is 79.9. The molecule has 3 N–H and O–H groups in total. The topological polar surface area (TPSA) is 54.7 Å². The van der Waals surface area contributed by atoms with E-state index in [-0.39, 0.29) is 0 Å². The maximum atomic E-state index is 5.70. The Hall–Kier alpha value is -1.13. The van der Waals surface area contributed by atoms with Gasteiger partial charge >= 0.3 is 0 Å². The van der Waals surface area contributed by atoms with E-state index in [1.54, 1.807) is 0 Å². The van der Waals surface area contributed by atoms with Gasteiger partial charge in [-0.1, -0.05) is 22.0 Å². The van der Waals surface area contributed by atoms with Gasteiger partial charge in [0, 0.05) is 22.3 Å². The number of aromatic nitrogens is 2. The second-order valence-electron chi connectivity index (χ2n) is 3.83. The van der Waals surface area contributed by atoms with Crippen LogP contribution >= 0.6 is 15.9 Å². The summed E-state index contributed by atoms with van der Waals surface area (Å²) in [6, 6.07) is 6.23. The van der Waals surface area contributed by atoms with Gasteiger partial charge in [0.25, 0.3) is 0 Å². The number of aromatic amines is 1. The van der Waals surface area contributed by atoms with Gasteiger partial charge in [0.2, 0.25) is 0 Å².